The van der Waals surface area contributed by atoms with Crippen molar-refractivity contribution in [1.29, 1.82) is 0 Å². The first-order valence-corrected chi connectivity index (χ1v) is 7.42. The number of ether oxygens (including phenoxy) is 1. The monoisotopic (exact) mass is 286 g/mol. The lowest BCUT2D eigenvalue weighted by atomic mass is 10.1. The molecular formula is C21H18O. The summed E-state index contributed by atoms with van der Waals surface area (Å²) in [7, 11) is 0. The lowest BCUT2D eigenvalue weighted by Crippen LogP contribution is -2.04. The Morgan fingerprint density at radius 1 is 0.636 bits per heavy atom. The van der Waals surface area contributed by atoms with E-state index in [9.17, 15) is 0 Å². The Hall–Kier alpha value is -2.80. The van der Waals surface area contributed by atoms with Gasteiger partial charge in [0.1, 0.15) is 11.9 Å². The van der Waals surface area contributed by atoms with Gasteiger partial charge in [-0.05, 0) is 29.3 Å². The van der Waals surface area contributed by atoms with Crippen LogP contribution < -0.4 is 4.74 Å². The normalized spacial score (nSPS) is 12.2. The van der Waals surface area contributed by atoms with Crippen molar-refractivity contribution < 1.29 is 4.74 Å². The minimum absolute atomic E-state index is 0.108. The maximum atomic E-state index is 6.14. The van der Waals surface area contributed by atoms with Crippen LogP contribution in [0.1, 0.15) is 17.2 Å². The van der Waals surface area contributed by atoms with E-state index in [1.165, 1.54) is 5.56 Å². The minimum atomic E-state index is -0.108. The molecule has 22 heavy (non-hydrogen) atoms. The van der Waals surface area contributed by atoms with Gasteiger partial charge >= 0.3 is 0 Å². The quantitative estimate of drug-likeness (QED) is 0.600. The predicted octanol–water partition coefficient (Wildman–Crippen LogP) is 5.52. The van der Waals surface area contributed by atoms with Crippen LogP contribution in [0.25, 0.3) is 6.08 Å². The third-order valence-corrected chi connectivity index (χ3v) is 3.40. The van der Waals surface area contributed by atoms with E-state index >= 15 is 0 Å². The molecule has 0 radical (unpaired) electrons. The van der Waals surface area contributed by atoms with Gasteiger partial charge in [-0.25, -0.2) is 0 Å². The third-order valence-electron chi connectivity index (χ3n) is 3.40. The summed E-state index contributed by atoms with van der Waals surface area (Å²) >= 11 is 0. The molecule has 3 aromatic rings. The molecule has 0 N–H and O–H groups in total. The van der Waals surface area contributed by atoms with E-state index in [1.807, 2.05) is 66.7 Å². The van der Waals surface area contributed by atoms with Crippen LogP contribution in [0, 0.1) is 0 Å². The highest BCUT2D eigenvalue weighted by atomic mass is 16.5. The summed E-state index contributed by atoms with van der Waals surface area (Å²) in [6.07, 6.45) is 4.09. The molecule has 3 rings (SSSR count). The van der Waals surface area contributed by atoms with E-state index in [4.69, 9.17) is 4.74 Å². The Bertz CT molecular complexity index is 703. The van der Waals surface area contributed by atoms with Crippen molar-refractivity contribution in [3.8, 4) is 5.75 Å². The standard InChI is InChI=1S/C21H18O/c1-4-10-18(11-5-1)16-17-21(19-12-6-2-7-13-19)22-20-14-8-3-9-15-20/h1-17,21H. The third kappa shape index (κ3) is 3.86. The van der Waals surface area contributed by atoms with Crippen molar-refractivity contribution in [2.24, 2.45) is 0 Å². The van der Waals surface area contributed by atoms with Crippen LogP contribution in [0.4, 0.5) is 0 Å². The molecule has 0 spiro atoms. The molecule has 0 aliphatic carbocycles. The summed E-state index contributed by atoms with van der Waals surface area (Å²) in [6.45, 7) is 0. The number of hydrogen-bond donors (Lipinski definition) is 0. The SMILES string of the molecule is C(=CC(Oc1ccccc1)c1ccccc1)c1ccccc1. The van der Waals surface area contributed by atoms with Gasteiger partial charge in [0.2, 0.25) is 0 Å². The zero-order valence-corrected chi connectivity index (χ0v) is 12.3. The highest BCUT2D eigenvalue weighted by Gasteiger charge is 2.09. The van der Waals surface area contributed by atoms with Gasteiger partial charge in [-0.2, -0.15) is 0 Å². The highest BCUT2D eigenvalue weighted by molar-refractivity contribution is 5.50. The van der Waals surface area contributed by atoms with Crippen LogP contribution in [-0.4, -0.2) is 0 Å². The second-order valence-corrected chi connectivity index (χ2v) is 5.03. The molecular weight excluding hydrogens is 268 g/mol. The topological polar surface area (TPSA) is 9.23 Å². The van der Waals surface area contributed by atoms with E-state index in [-0.39, 0.29) is 6.10 Å². The molecule has 0 heterocycles. The number of benzene rings is 3. The summed E-state index contributed by atoms with van der Waals surface area (Å²) in [5.41, 5.74) is 2.30. The summed E-state index contributed by atoms with van der Waals surface area (Å²) in [5, 5.41) is 0. The van der Waals surface area contributed by atoms with Gasteiger partial charge in [0, 0.05) is 0 Å². The average Bonchev–Trinajstić information content (AvgIpc) is 2.61. The van der Waals surface area contributed by atoms with E-state index in [2.05, 4.69) is 36.4 Å². The lowest BCUT2D eigenvalue weighted by molar-refractivity contribution is 0.256. The molecule has 0 saturated heterocycles. The maximum Gasteiger partial charge on any atom is 0.142 e. The van der Waals surface area contributed by atoms with E-state index in [1.54, 1.807) is 0 Å². The zero-order valence-electron chi connectivity index (χ0n) is 12.3. The van der Waals surface area contributed by atoms with Crippen LogP contribution in [-0.2, 0) is 0 Å². The van der Waals surface area contributed by atoms with Crippen LogP contribution in [0.2, 0.25) is 0 Å². The molecule has 0 fully saturated rings. The highest BCUT2D eigenvalue weighted by Crippen LogP contribution is 2.23. The largest absolute Gasteiger partial charge is 0.482 e. The van der Waals surface area contributed by atoms with Crippen molar-refractivity contribution in [3.63, 3.8) is 0 Å². The smallest absolute Gasteiger partial charge is 0.142 e. The lowest BCUT2D eigenvalue weighted by Gasteiger charge is -2.16. The Kier molecular flexibility index (Phi) is 4.68. The number of rotatable bonds is 5. The fourth-order valence-corrected chi connectivity index (χ4v) is 2.27. The summed E-state index contributed by atoms with van der Waals surface area (Å²) < 4.78 is 6.14. The molecule has 0 saturated carbocycles. The first kappa shape index (κ1) is 14.2. The second-order valence-electron chi connectivity index (χ2n) is 5.03. The van der Waals surface area contributed by atoms with E-state index < -0.39 is 0 Å². The van der Waals surface area contributed by atoms with Crippen molar-refractivity contribution >= 4 is 6.08 Å². The Balaban J connectivity index is 1.85. The van der Waals surface area contributed by atoms with Crippen LogP contribution in [0.3, 0.4) is 0 Å². The molecule has 1 heteroatoms. The molecule has 1 unspecified atom stereocenters. The molecule has 1 atom stereocenters. The molecule has 1 nitrogen and oxygen atoms in total. The average molecular weight is 286 g/mol. The molecule has 0 bridgehead atoms. The fourth-order valence-electron chi connectivity index (χ4n) is 2.27. The molecule has 0 aliphatic heterocycles. The van der Waals surface area contributed by atoms with Gasteiger partial charge < -0.3 is 4.74 Å². The Morgan fingerprint density at radius 2 is 1.18 bits per heavy atom. The van der Waals surface area contributed by atoms with Gasteiger partial charge in [-0.15, -0.1) is 0 Å². The maximum absolute atomic E-state index is 6.14. The zero-order chi connectivity index (χ0) is 15.0. The summed E-state index contributed by atoms with van der Waals surface area (Å²) in [4.78, 5) is 0. The van der Waals surface area contributed by atoms with Crippen molar-refractivity contribution in [2.75, 3.05) is 0 Å². The summed E-state index contributed by atoms with van der Waals surface area (Å²) in [6, 6.07) is 30.4. The van der Waals surface area contributed by atoms with E-state index in [0.29, 0.717) is 0 Å². The van der Waals surface area contributed by atoms with Crippen molar-refractivity contribution in [1.82, 2.24) is 0 Å². The first-order valence-electron chi connectivity index (χ1n) is 7.42. The Labute approximate surface area is 131 Å². The molecule has 0 aromatic heterocycles. The molecule has 0 aliphatic rings. The fraction of sp³-hybridized carbons (Fsp3) is 0.0476. The van der Waals surface area contributed by atoms with Crippen LogP contribution in [0.15, 0.2) is 97.1 Å². The molecule has 108 valence electrons. The number of para-hydroxylation sites is 1. The van der Waals surface area contributed by atoms with E-state index in [0.717, 1.165) is 11.3 Å². The van der Waals surface area contributed by atoms with Gasteiger partial charge in [0.25, 0.3) is 0 Å². The molecule has 0 amide bonds. The van der Waals surface area contributed by atoms with Crippen molar-refractivity contribution in [3.05, 3.63) is 108 Å². The van der Waals surface area contributed by atoms with Gasteiger partial charge in [0.15, 0.2) is 0 Å². The van der Waals surface area contributed by atoms with Crippen LogP contribution >= 0.6 is 0 Å². The van der Waals surface area contributed by atoms with Gasteiger partial charge in [-0.1, -0.05) is 84.9 Å². The minimum Gasteiger partial charge on any atom is -0.482 e. The number of hydrogen-bond acceptors (Lipinski definition) is 1. The van der Waals surface area contributed by atoms with Crippen molar-refractivity contribution in [2.45, 2.75) is 6.10 Å². The Morgan fingerprint density at radius 3 is 1.82 bits per heavy atom. The van der Waals surface area contributed by atoms with Gasteiger partial charge in [0.05, 0.1) is 0 Å². The van der Waals surface area contributed by atoms with Crippen LogP contribution in [0.5, 0.6) is 5.75 Å². The predicted molar refractivity (Wildman–Crippen MR) is 91.7 cm³/mol. The second kappa shape index (κ2) is 7.28. The van der Waals surface area contributed by atoms with Gasteiger partial charge in [-0.3, -0.25) is 0 Å². The first-order chi connectivity index (χ1) is 10.9. The summed E-state index contributed by atoms with van der Waals surface area (Å²) in [5.74, 6) is 0.870. The molecule has 3 aromatic carbocycles.